The van der Waals surface area contributed by atoms with Gasteiger partial charge in [0.2, 0.25) is 5.91 Å². The standard InChI is InChI=1S/C18H26FN3O/c1-13-8-9-20-11-16(13)21-18(23)17-3-2-10-22(17)12-14-4-6-15(19)7-5-14/h4-7,13,16-17,20H,2-3,8-12H2,1H3,(H,21,23). The second kappa shape index (κ2) is 7.41. The second-order valence-corrected chi connectivity index (χ2v) is 6.84. The van der Waals surface area contributed by atoms with Crippen LogP contribution in [0.4, 0.5) is 4.39 Å². The quantitative estimate of drug-likeness (QED) is 0.891. The first-order chi connectivity index (χ1) is 11.1. The molecule has 23 heavy (non-hydrogen) atoms. The van der Waals surface area contributed by atoms with Crippen molar-refractivity contribution in [2.45, 2.75) is 44.8 Å². The fraction of sp³-hybridized carbons (Fsp3) is 0.611. The van der Waals surface area contributed by atoms with Gasteiger partial charge in [0.25, 0.3) is 0 Å². The number of likely N-dealkylation sites (tertiary alicyclic amines) is 1. The van der Waals surface area contributed by atoms with Crippen molar-refractivity contribution in [3.05, 3.63) is 35.6 Å². The molecule has 5 heteroatoms. The number of amides is 1. The fourth-order valence-electron chi connectivity index (χ4n) is 3.60. The predicted molar refractivity (Wildman–Crippen MR) is 88.4 cm³/mol. The van der Waals surface area contributed by atoms with Gasteiger partial charge in [0.15, 0.2) is 0 Å². The summed E-state index contributed by atoms with van der Waals surface area (Å²) in [6.07, 6.45) is 3.05. The van der Waals surface area contributed by atoms with Gasteiger partial charge in [-0.05, 0) is 56.0 Å². The van der Waals surface area contributed by atoms with E-state index in [0.717, 1.165) is 44.5 Å². The maximum absolute atomic E-state index is 13.0. The zero-order chi connectivity index (χ0) is 16.2. The van der Waals surface area contributed by atoms with E-state index < -0.39 is 0 Å². The molecular weight excluding hydrogens is 293 g/mol. The van der Waals surface area contributed by atoms with E-state index in [1.165, 1.54) is 12.1 Å². The van der Waals surface area contributed by atoms with Gasteiger partial charge in [-0.15, -0.1) is 0 Å². The van der Waals surface area contributed by atoms with Crippen molar-refractivity contribution in [1.29, 1.82) is 0 Å². The van der Waals surface area contributed by atoms with E-state index in [1.54, 1.807) is 12.1 Å². The van der Waals surface area contributed by atoms with E-state index in [0.29, 0.717) is 12.5 Å². The van der Waals surface area contributed by atoms with Gasteiger partial charge in [-0.1, -0.05) is 19.1 Å². The smallest absolute Gasteiger partial charge is 0.237 e. The number of rotatable bonds is 4. The molecular formula is C18H26FN3O. The molecule has 0 saturated carbocycles. The third-order valence-electron chi connectivity index (χ3n) is 5.12. The maximum atomic E-state index is 13.0. The SMILES string of the molecule is CC1CCNCC1NC(=O)C1CCCN1Cc1ccc(F)cc1. The summed E-state index contributed by atoms with van der Waals surface area (Å²) in [7, 11) is 0. The molecule has 1 aromatic rings. The minimum atomic E-state index is -0.219. The van der Waals surface area contributed by atoms with E-state index in [9.17, 15) is 9.18 Å². The highest BCUT2D eigenvalue weighted by Crippen LogP contribution is 2.21. The average molecular weight is 319 g/mol. The molecule has 0 spiro atoms. The Labute approximate surface area is 137 Å². The van der Waals surface area contributed by atoms with Gasteiger partial charge in [0.1, 0.15) is 5.82 Å². The Bertz CT molecular complexity index is 534. The molecule has 126 valence electrons. The van der Waals surface area contributed by atoms with Gasteiger partial charge in [-0.25, -0.2) is 4.39 Å². The van der Waals surface area contributed by atoms with Crippen LogP contribution in [0, 0.1) is 11.7 Å². The molecule has 2 fully saturated rings. The summed E-state index contributed by atoms with van der Waals surface area (Å²) in [5, 5.41) is 6.59. The first kappa shape index (κ1) is 16.4. The van der Waals surface area contributed by atoms with Crippen molar-refractivity contribution in [2.75, 3.05) is 19.6 Å². The van der Waals surface area contributed by atoms with Gasteiger partial charge in [0, 0.05) is 19.1 Å². The van der Waals surface area contributed by atoms with Crippen molar-refractivity contribution in [2.24, 2.45) is 5.92 Å². The number of carbonyl (C=O) groups excluding carboxylic acids is 1. The molecule has 1 amide bonds. The lowest BCUT2D eigenvalue weighted by molar-refractivity contribution is -0.126. The van der Waals surface area contributed by atoms with Crippen LogP contribution in [0.5, 0.6) is 0 Å². The molecule has 2 aliphatic heterocycles. The van der Waals surface area contributed by atoms with Gasteiger partial charge >= 0.3 is 0 Å². The van der Waals surface area contributed by atoms with E-state index >= 15 is 0 Å². The zero-order valence-electron chi connectivity index (χ0n) is 13.7. The topological polar surface area (TPSA) is 44.4 Å². The Morgan fingerprint density at radius 2 is 2.13 bits per heavy atom. The lowest BCUT2D eigenvalue weighted by Gasteiger charge is -2.32. The predicted octanol–water partition coefficient (Wildman–Crippen LogP) is 1.90. The number of piperidine rings is 1. The highest BCUT2D eigenvalue weighted by Gasteiger charge is 2.33. The lowest BCUT2D eigenvalue weighted by Crippen LogP contribution is -2.54. The minimum absolute atomic E-state index is 0.0609. The molecule has 1 aromatic carbocycles. The highest BCUT2D eigenvalue weighted by molar-refractivity contribution is 5.82. The van der Waals surface area contributed by atoms with Crippen LogP contribution in [0.25, 0.3) is 0 Å². The maximum Gasteiger partial charge on any atom is 0.237 e. The normalized spacial score (nSPS) is 28.7. The number of halogens is 1. The van der Waals surface area contributed by atoms with Crippen LogP contribution in [-0.4, -0.2) is 42.5 Å². The van der Waals surface area contributed by atoms with Crippen LogP contribution in [0.15, 0.2) is 24.3 Å². The molecule has 3 atom stereocenters. The molecule has 2 saturated heterocycles. The molecule has 2 N–H and O–H groups in total. The monoisotopic (exact) mass is 319 g/mol. The number of nitrogens with zero attached hydrogens (tertiary/aromatic N) is 1. The van der Waals surface area contributed by atoms with Crippen molar-refractivity contribution < 1.29 is 9.18 Å². The minimum Gasteiger partial charge on any atom is -0.350 e. The molecule has 0 aliphatic carbocycles. The van der Waals surface area contributed by atoms with Crippen LogP contribution in [0.2, 0.25) is 0 Å². The summed E-state index contributed by atoms with van der Waals surface area (Å²) in [4.78, 5) is 14.9. The van der Waals surface area contributed by atoms with Gasteiger partial charge in [-0.3, -0.25) is 9.69 Å². The molecule has 3 unspecified atom stereocenters. The number of hydrogen-bond acceptors (Lipinski definition) is 3. The Morgan fingerprint density at radius 3 is 2.87 bits per heavy atom. The Hall–Kier alpha value is -1.46. The van der Waals surface area contributed by atoms with Crippen LogP contribution >= 0.6 is 0 Å². The van der Waals surface area contributed by atoms with E-state index in [1.807, 2.05) is 0 Å². The van der Waals surface area contributed by atoms with Crippen molar-refractivity contribution in [3.63, 3.8) is 0 Å². The fourth-order valence-corrected chi connectivity index (χ4v) is 3.60. The number of carbonyl (C=O) groups is 1. The third-order valence-corrected chi connectivity index (χ3v) is 5.12. The first-order valence-corrected chi connectivity index (χ1v) is 8.63. The van der Waals surface area contributed by atoms with Crippen molar-refractivity contribution >= 4 is 5.91 Å². The molecule has 2 heterocycles. The summed E-state index contributed by atoms with van der Waals surface area (Å²) in [5.41, 5.74) is 1.05. The van der Waals surface area contributed by atoms with Crippen LogP contribution in [0.3, 0.4) is 0 Å². The van der Waals surface area contributed by atoms with Crippen molar-refractivity contribution in [3.8, 4) is 0 Å². The summed E-state index contributed by atoms with van der Waals surface area (Å²) >= 11 is 0. The molecule has 2 aliphatic rings. The summed E-state index contributed by atoms with van der Waals surface area (Å²) in [5.74, 6) is 0.445. The Kier molecular flexibility index (Phi) is 5.28. The van der Waals surface area contributed by atoms with Crippen molar-refractivity contribution in [1.82, 2.24) is 15.5 Å². The van der Waals surface area contributed by atoms with E-state index in [2.05, 4.69) is 22.5 Å². The first-order valence-electron chi connectivity index (χ1n) is 8.63. The average Bonchev–Trinajstić information content (AvgIpc) is 3.00. The van der Waals surface area contributed by atoms with E-state index in [4.69, 9.17) is 0 Å². The molecule has 0 radical (unpaired) electrons. The van der Waals surface area contributed by atoms with Gasteiger partial charge in [-0.2, -0.15) is 0 Å². The lowest BCUT2D eigenvalue weighted by atomic mass is 9.94. The number of nitrogens with one attached hydrogen (secondary N) is 2. The summed E-state index contributed by atoms with van der Waals surface area (Å²) < 4.78 is 13.0. The van der Waals surface area contributed by atoms with Gasteiger partial charge in [0.05, 0.1) is 6.04 Å². The van der Waals surface area contributed by atoms with Gasteiger partial charge < -0.3 is 10.6 Å². The van der Waals surface area contributed by atoms with E-state index in [-0.39, 0.29) is 23.8 Å². The summed E-state index contributed by atoms with van der Waals surface area (Å²) in [6.45, 7) is 5.73. The summed E-state index contributed by atoms with van der Waals surface area (Å²) in [6, 6.07) is 6.73. The highest BCUT2D eigenvalue weighted by atomic mass is 19.1. The Balaban J connectivity index is 1.59. The van der Waals surface area contributed by atoms with Crippen LogP contribution in [0.1, 0.15) is 31.7 Å². The largest absolute Gasteiger partial charge is 0.350 e. The molecule has 0 aromatic heterocycles. The second-order valence-electron chi connectivity index (χ2n) is 6.84. The van der Waals surface area contributed by atoms with Crippen LogP contribution < -0.4 is 10.6 Å². The molecule has 3 rings (SSSR count). The van der Waals surface area contributed by atoms with Crippen LogP contribution in [-0.2, 0) is 11.3 Å². The Morgan fingerprint density at radius 1 is 1.35 bits per heavy atom. The number of hydrogen-bond donors (Lipinski definition) is 2. The number of benzene rings is 1. The molecule has 0 bridgehead atoms. The zero-order valence-corrected chi connectivity index (χ0v) is 13.7. The molecule has 4 nitrogen and oxygen atoms in total. The third kappa shape index (κ3) is 4.09.